The Morgan fingerprint density at radius 2 is 1.85 bits per heavy atom. The molecular weight excluding hydrogens is 354 g/mol. The monoisotopic (exact) mass is 383 g/mol. The van der Waals surface area contributed by atoms with E-state index in [9.17, 15) is 24.3 Å². The van der Waals surface area contributed by atoms with Gasteiger partial charge in [-0.3, -0.25) is 9.59 Å². The summed E-state index contributed by atoms with van der Waals surface area (Å²) < 4.78 is 0. The molecule has 0 spiro atoms. The number of nitrogens with one attached hydrogen (secondary N) is 2. The van der Waals surface area contributed by atoms with Gasteiger partial charge >= 0.3 is 18.0 Å². The zero-order chi connectivity index (χ0) is 20.9. The summed E-state index contributed by atoms with van der Waals surface area (Å²) in [4.78, 5) is 48.7. The van der Waals surface area contributed by atoms with Crippen LogP contribution in [0.5, 0.6) is 0 Å². The summed E-state index contributed by atoms with van der Waals surface area (Å²) in [5.41, 5.74) is -1.92. The molecule has 1 aliphatic rings. The van der Waals surface area contributed by atoms with Gasteiger partial charge in [-0.05, 0) is 37.0 Å². The second-order valence-corrected chi connectivity index (χ2v) is 8.93. The van der Waals surface area contributed by atoms with Gasteiger partial charge in [-0.15, -0.1) is 0 Å². The van der Waals surface area contributed by atoms with Gasteiger partial charge in [0.2, 0.25) is 6.08 Å². The summed E-state index contributed by atoms with van der Waals surface area (Å²) in [6, 6.07) is -0.715. The van der Waals surface area contributed by atoms with Crippen molar-refractivity contribution in [2.45, 2.75) is 59.4 Å². The van der Waals surface area contributed by atoms with Crippen molar-refractivity contribution < 1.29 is 29.4 Å². The minimum absolute atomic E-state index is 0.0672. The topological polar surface area (TPSA) is 145 Å². The molecule has 0 radical (unpaired) electrons. The lowest BCUT2D eigenvalue weighted by molar-refractivity contribution is -0.154. The second-order valence-electron chi connectivity index (χ2n) is 8.93. The number of hydrogen-bond acceptors (Lipinski definition) is 5. The molecule has 9 heteroatoms. The molecule has 4 N–H and O–H groups in total. The first-order valence-corrected chi connectivity index (χ1v) is 8.84. The van der Waals surface area contributed by atoms with Gasteiger partial charge in [0, 0.05) is 12.6 Å². The predicted octanol–water partition coefficient (Wildman–Crippen LogP) is 1.77. The highest BCUT2D eigenvalue weighted by Crippen LogP contribution is 2.46. The third kappa shape index (κ3) is 7.02. The Kier molecular flexibility index (Phi) is 7.14. The standard InChI is InChI=1S/C18H29N3O6/c1-16(2)5-12(6-17(3,8-16)9-19-11-22)21-15(27)20-10-18(4,14(25)26)7-13(23)24/h12H,5-10H2,1-4H3,(H,23,24)(H,25,26)(H2,20,21,27). The van der Waals surface area contributed by atoms with E-state index in [4.69, 9.17) is 5.11 Å². The Balaban J connectivity index is 2.73. The SMILES string of the molecule is CC1(C)CC(NC(=O)NCC(C)(CC(=O)O)C(=O)O)CC(C)(CN=C=O)C1. The van der Waals surface area contributed by atoms with E-state index >= 15 is 0 Å². The van der Waals surface area contributed by atoms with E-state index in [2.05, 4.69) is 29.5 Å². The van der Waals surface area contributed by atoms with Gasteiger partial charge in [0.1, 0.15) is 0 Å². The third-order valence-corrected chi connectivity index (χ3v) is 5.00. The van der Waals surface area contributed by atoms with Crippen LogP contribution in [0.15, 0.2) is 4.99 Å². The Morgan fingerprint density at radius 3 is 2.37 bits per heavy atom. The zero-order valence-corrected chi connectivity index (χ0v) is 16.3. The molecule has 2 amide bonds. The van der Waals surface area contributed by atoms with Crippen LogP contribution in [-0.2, 0) is 14.4 Å². The molecule has 152 valence electrons. The number of aliphatic carboxylic acids is 2. The quantitative estimate of drug-likeness (QED) is 0.371. The van der Waals surface area contributed by atoms with Crippen LogP contribution in [0.4, 0.5) is 4.79 Å². The van der Waals surface area contributed by atoms with Crippen molar-refractivity contribution in [1.82, 2.24) is 10.6 Å². The van der Waals surface area contributed by atoms with Crippen LogP contribution in [0.25, 0.3) is 0 Å². The molecule has 0 aromatic carbocycles. The van der Waals surface area contributed by atoms with Crippen molar-refractivity contribution >= 4 is 24.0 Å². The summed E-state index contributed by atoms with van der Waals surface area (Å²) in [7, 11) is 0. The number of hydrogen-bond donors (Lipinski definition) is 4. The molecule has 27 heavy (non-hydrogen) atoms. The number of carboxylic acid groups (broad SMARTS) is 2. The van der Waals surface area contributed by atoms with Crippen molar-refractivity contribution in [2.24, 2.45) is 21.2 Å². The van der Waals surface area contributed by atoms with Crippen molar-refractivity contribution in [3.05, 3.63) is 0 Å². The van der Waals surface area contributed by atoms with Gasteiger partial charge in [0.05, 0.1) is 18.4 Å². The normalized spacial score (nSPS) is 26.1. The molecule has 3 unspecified atom stereocenters. The van der Waals surface area contributed by atoms with E-state index in [0.717, 1.165) is 12.8 Å². The van der Waals surface area contributed by atoms with Crippen molar-refractivity contribution in [3.63, 3.8) is 0 Å². The van der Waals surface area contributed by atoms with Gasteiger partial charge < -0.3 is 20.8 Å². The fraction of sp³-hybridized carbons (Fsp3) is 0.778. The second kappa shape index (κ2) is 8.52. The third-order valence-electron chi connectivity index (χ3n) is 5.00. The van der Waals surface area contributed by atoms with Crippen LogP contribution in [0.3, 0.4) is 0 Å². The number of amides is 2. The Morgan fingerprint density at radius 1 is 1.22 bits per heavy atom. The molecule has 0 heterocycles. The number of urea groups is 1. The van der Waals surface area contributed by atoms with Gasteiger partial charge in [-0.25, -0.2) is 14.6 Å². The number of aliphatic imine (C=N–C) groups is 1. The first kappa shape index (κ1) is 22.6. The van der Waals surface area contributed by atoms with E-state index < -0.39 is 29.8 Å². The average molecular weight is 383 g/mol. The van der Waals surface area contributed by atoms with E-state index in [1.165, 1.54) is 6.92 Å². The number of nitrogens with zero attached hydrogens (tertiary/aromatic N) is 1. The summed E-state index contributed by atoms with van der Waals surface area (Å²) in [6.07, 6.45) is 3.16. The maximum atomic E-state index is 12.3. The molecule has 1 rings (SSSR count). The maximum Gasteiger partial charge on any atom is 0.315 e. The number of isocyanates is 1. The number of rotatable bonds is 8. The highest BCUT2D eigenvalue weighted by molar-refractivity contribution is 5.82. The van der Waals surface area contributed by atoms with Crippen molar-refractivity contribution in [1.29, 1.82) is 0 Å². The largest absolute Gasteiger partial charge is 0.481 e. The first-order chi connectivity index (χ1) is 12.3. The smallest absolute Gasteiger partial charge is 0.315 e. The Labute approximate surface area is 158 Å². The van der Waals surface area contributed by atoms with Gasteiger partial charge in [0.25, 0.3) is 0 Å². The summed E-state index contributed by atoms with van der Waals surface area (Å²) in [5, 5.41) is 23.5. The molecule has 1 saturated carbocycles. The Bertz CT molecular complexity index is 643. The molecule has 0 aromatic rings. The number of carboxylic acids is 2. The zero-order valence-electron chi connectivity index (χ0n) is 16.3. The molecule has 0 aromatic heterocycles. The van der Waals surface area contributed by atoms with Crippen LogP contribution in [0.1, 0.15) is 53.4 Å². The molecular formula is C18H29N3O6. The number of carbonyl (C=O) groups is 3. The van der Waals surface area contributed by atoms with Gasteiger partial charge in [-0.2, -0.15) is 0 Å². The summed E-state index contributed by atoms with van der Waals surface area (Å²) in [6.45, 7) is 7.47. The number of carbonyl (C=O) groups excluding carboxylic acids is 2. The first-order valence-electron chi connectivity index (χ1n) is 8.84. The molecule has 9 nitrogen and oxygen atoms in total. The van der Waals surface area contributed by atoms with E-state index in [1.807, 2.05) is 6.92 Å². The average Bonchev–Trinajstić information content (AvgIpc) is 2.48. The van der Waals surface area contributed by atoms with E-state index in [-0.39, 0.29) is 23.4 Å². The van der Waals surface area contributed by atoms with Crippen LogP contribution < -0.4 is 10.6 Å². The fourth-order valence-corrected chi connectivity index (χ4v) is 4.14. The minimum Gasteiger partial charge on any atom is -0.481 e. The van der Waals surface area contributed by atoms with Crippen molar-refractivity contribution in [3.8, 4) is 0 Å². The fourth-order valence-electron chi connectivity index (χ4n) is 4.14. The summed E-state index contributed by atoms with van der Waals surface area (Å²) >= 11 is 0. The highest BCUT2D eigenvalue weighted by atomic mass is 16.4. The lowest BCUT2D eigenvalue weighted by atomic mass is 9.62. The molecule has 0 bridgehead atoms. The molecule has 1 fully saturated rings. The minimum atomic E-state index is -1.60. The maximum absolute atomic E-state index is 12.3. The van der Waals surface area contributed by atoms with E-state index in [1.54, 1.807) is 6.08 Å². The van der Waals surface area contributed by atoms with Crippen molar-refractivity contribution in [2.75, 3.05) is 13.1 Å². The van der Waals surface area contributed by atoms with Crippen LogP contribution in [-0.4, -0.2) is 53.4 Å². The molecule has 3 atom stereocenters. The molecule has 0 aliphatic heterocycles. The van der Waals surface area contributed by atoms with E-state index in [0.29, 0.717) is 13.0 Å². The van der Waals surface area contributed by atoms with Crippen LogP contribution in [0.2, 0.25) is 0 Å². The van der Waals surface area contributed by atoms with Gasteiger partial charge in [0.15, 0.2) is 0 Å². The lowest BCUT2D eigenvalue weighted by Gasteiger charge is -2.46. The highest BCUT2D eigenvalue weighted by Gasteiger charge is 2.42. The molecule has 1 aliphatic carbocycles. The van der Waals surface area contributed by atoms with Crippen LogP contribution in [0, 0.1) is 16.2 Å². The van der Waals surface area contributed by atoms with Crippen LogP contribution >= 0.6 is 0 Å². The van der Waals surface area contributed by atoms with Gasteiger partial charge in [-0.1, -0.05) is 20.8 Å². The lowest BCUT2D eigenvalue weighted by Crippen LogP contribution is -2.52. The summed E-state index contributed by atoms with van der Waals surface area (Å²) in [5.74, 6) is -2.54. The predicted molar refractivity (Wildman–Crippen MR) is 97.0 cm³/mol. The molecule has 0 saturated heterocycles. The Hall–Kier alpha value is -2.41.